The predicted molar refractivity (Wildman–Crippen MR) is 148 cm³/mol. The van der Waals surface area contributed by atoms with Gasteiger partial charge in [-0.3, -0.25) is 0 Å². The summed E-state index contributed by atoms with van der Waals surface area (Å²) in [4.78, 5) is -0.196. The average Bonchev–Trinajstić information content (AvgIpc) is 2.96. The molecule has 0 aliphatic rings. The van der Waals surface area contributed by atoms with E-state index in [1.54, 1.807) is 60.7 Å². The molecule has 0 aromatic heterocycles. The number of hydrogen-bond donors (Lipinski definition) is 1. The van der Waals surface area contributed by atoms with Crippen molar-refractivity contribution in [3.63, 3.8) is 0 Å². The normalized spacial score (nSPS) is 13.7. The highest BCUT2D eigenvalue weighted by molar-refractivity contribution is 8.09. The van der Waals surface area contributed by atoms with Crippen LogP contribution in [0.1, 0.15) is 17.0 Å². The van der Waals surface area contributed by atoms with Crippen molar-refractivity contribution in [2.24, 2.45) is 5.92 Å². The van der Waals surface area contributed by atoms with Gasteiger partial charge in [-0.15, -0.1) is 0 Å². The van der Waals surface area contributed by atoms with Crippen LogP contribution in [0.3, 0.4) is 0 Å². The minimum atomic E-state index is -4.45. The molecule has 0 aliphatic heterocycles. The van der Waals surface area contributed by atoms with Gasteiger partial charge in [0.2, 0.25) is 0 Å². The van der Waals surface area contributed by atoms with Gasteiger partial charge in [-0.2, -0.15) is 0 Å². The largest absolute Gasteiger partial charge is 0.497 e. The summed E-state index contributed by atoms with van der Waals surface area (Å²) in [6.45, 7) is -0.420. The van der Waals surface area contributed by atoms with Crippen molar-refractivity contribution < 1.29 is 26.7 Å². The van der Waals surface area contributed by atoms with Crippen LogP contribution < -0.4 is 4.74 Å². The van der Waals surface area contributed by atoms with E-state index in [2.05, 4.69) is 0 Å². The minimum Gasteiger partial charge on any atom is -0.497 e. The zero-order valence-corrected chi connectivity index (χ0v) is 22.6. The monoisotopic (exact) mass is 550 g/mol. The Balaban J connectivity index is 1.99. The summed E-state index contributed by atoms with van der Waals surface area (Å²) in [7, 11) is -7.38. The van der Waals surface area contributed by atoms with Crippen molar-refractivity contribution in [1.82, 2.24) is 0 Å². The Kier molecular flexibility index (Phi) is 8.66. The lowest BCUT2D eigenvalue weighted by Gasteiger charge is -2.33. The molecule has 0 bridgehead atoms. The van der Waals surface area contributed by atoms with E-state index in [0.29, 0.717) is 11.3 Å². The number of rotatable bonds is 11. The van der Waals surface area contributed by atoms with E-state index in [9.17, 15) is 21.9 Å². The Morgan fingerprint density at radius 2 is 1.11 bits per heavy atom. The Hall–Kier alpha value is -3.46. The maximum Gasteiger partial charge on any atom is 0.196 e. The van der Waals surface area contributed by atoms with Crippen molar-refractivity contribution in [1.29, 1.82) is 0 Å². The van der Waals surface area contributed by atoms with Gasteiger partial charge in [-0.25, -0.2) is 16.8 Å². The van der Waals surface area contributed by atoms with Gasteiger partial charge >= 0.3 is 0 Å². The lowest BCUT2D eigenvalue weighted by atomic mass is 9.83. The smallest absolute Gasteiger partial charge is 0.196 e. The fourth-order valence-corrected chi connectivity index (χ4v) is 9.88. The number of aliphatic hydroxyl groups is 1. The van der Waals surface area contributed by atoms with Gasteiger partial charge in [0.15, 0.2) is 24.3 Å². The van der Waals surface area contributed by atoms with Gasteiger partial charge < -0.3 is 9.84 Å². The van der Waals surface area contributed by atoms with Crippen LogP contribution in [0.5, 0.6) is 5.75 Å². The first-order valence-corrected chi connectivity index (χ1v) is 15.2. The summed E-state index contributed by atoms with van der Waals surface area (Å²) < 4.78 is 60.5. The van der Waals surface area contributed by atoms with Gasteiger partial charge in [-0.05, 0) is 59.9 Å². The SMILES string of the molecule is COc1ccc([C@H](C(S(=O)(=O)c2ccccc2)S(=O)(=O)c2ccccc2)[C@@H](CO)Cc2ccccc2)cc1. The van der Waals surface area contributed by atoms with Gasteiger partial charge in [-0.1, -0.05) is 78.9 Å². The summed E-state index contributed by atoms with van der Waals surface area (Å²) in [5.74, 6) is -1.28. The molecule has 0 saturated carbocycles. The van der Waals surface area contributed by atoms with Crippen LogP contribution in [0, 0.1) is 5.92 Å². The maximum atomic E-state index is 14.3. The Morgan fingerprint density at radius 3 is 1.53 bits per heavy atom. The van der Waals surface area contributed by atoms with Crippen LogP contribution in [0.15, 0.2) is 125 Å². The standard InChI is InChI=1S/C30H30O6S2/c1-36-26-19-17-24(18-20-26)29(25(22-31)21-23-11-5-2-6-12-23)30(37(32,33)27-13-7-3-8-14-27)38(34,35)28-15-9-4-10-16-28/h2-20,25,29-31H,21-22H2,1H3/t25-,29+/m1/s1. The molecule has 0 spiro atoms. The van der Waals surface area contributed by atoms with E-state index < -0.39 is 42.7 Å². The van der Waals surface area contributed by atoms with Crippen LogP contribution in [0.2, 0.25) is 0 Å². The topological polar surface area (TPSA) is 97.7 Å². The van der Waals surface area contributed by atoms with Crippen LogP contribution >= 0.6 is 0 Å². The molecule has 0 aliphatic carbocycles. The second-order valence-electron chi connectivity index (χ2n) is 9.02. The molecule has 0 amide bonds. The van der Waals surface area contributed by atoms with E-state index in [1.165, 1.54) is 31.4 Å². The third kappa shape index (κ3) is 5.83. The molecular weight excluding hydrogens is 520 g/mol. The first-order chi connectivity index (χ1) is 18.3. The average molecular weight is 551 g/mol. The Morgan fingerprint density at radius 1 is 0.658 bits per heavy atom. The number of hydrogen-bond acceptors (Lipinski definition) is 6. The van der Waals surface area contributed by atoms with Gasteiger partial charge in [0.25, 0.3) is 0 Å². The third-order valence-corrected chi connectivity index (χ3v) is 11.8. The number of ether oxygens (including phenoxy) is 1. The molecule has 8 heteroatoms. The predicted octanol–water partition coefficient (Wildman–Crippen LogP) is 4.90. The first-order valence-electron chi connectivity index (χ1n) is 12.2. The maximum absolute atomic E-state index is 14.3. The Labute approximate surface area is 224 Å². The summed E-state index contributed by atoms with van der Waals surface area (Å²) in [6.07, 6.45) is 0.277. The summed E-state index contributed by atoms with van der Waals surface area (Å²) >= 11 is 0. The quantitative estimate of drug-likeness (QED) is 0.285. The summed E-state index contributed by atoms with van der Waals surface area (Å²) in [6, 6.07) is 31.2. The Bertz CT molecular complexity index is 1450. The summed E-state index contributed by atoms with van der Waals surface area (Å²) in [5.41, 5.74) is 1.34. The molecule has 0 radical (unpaired) electrons. The third-order valence-electron chi connectivity index (χ3n) is 6.63. The zero-order valence-electron chi connectivity index (χ0n) is 20.9. The van der Waals surface area contributed by atoms with Gasteiger partial charge in [0.05, 0.1) is 16.9 Å². The lowest BCUT2D eigenvalue weighted by molar-refractivity contribution is 0.205. The minimum absolute atomic E-state index is 0.0978. The molecule has 4 rings (SSSR count). The zero-order chi connectivity index (χ0) is 27.2. The van der Waals surface area contributed by atoms with E-state index in [1.807, 2.05) is 30.3 Å². The van der Waals surface area contributed by atoms with Gasteiger partial charge in [0.1, 0.15) is 5.75 Å². The highest BCUT2D eigenvalue weighted by Gasteiger charge is 2.48. The first kappa shape index (κ1) is 27.6. The molecule has 4 aromatic carbocycles. The summed E-state index contributed by atoms with van der Waals surface area (Å²) in [5, 5.41) is 10.6. The van der Waals surface area contributed by atoms with Crippen molar-refractivity contribution >= 4 is 19.7 Å². The van der Waals surface area contributed by atoms with Crippen LogP contribution in [-0.4, -0.2) is 40.2 Å². The molecule has 0 heterocycles. The fraction of sp³-hybridized carbons (Fsp3) is 0.200. The molecular formula is C30H30O6S2. The number of sulfone groups is 2. The molecule has 0 unspecified atom stereocenters. The number of aliphatic hydroxyl groups excluding tert-OH is 1. The second-order valence-corrected chi connectivity index (χ2v) is 13.5. The fourth-order valence-electron chi connectivity index (χ4n) is 4.74. The van der Waals surface area contributed by atoms with Crippen molar-refractivity contribution in [3.05, 3.63) is 126 Å². The van der Waals surface area contributed by atoms with E-state index in [4.69, 9.17) is 4.74 Å². The van der Waals surface area contributed by atoms with Crippen molar-refractivity contribution in [2.45, 2.75) is 26.7 Å². The van der Waals surface area contributed by atoms with Crippen LogP contribution in [0.25, 0.3) is 0 Å². The van der Waals surface area contributed by atoms with Crippen LogP contribution in [0.4, 0.5) is 0 Å². The molecule has 4 aromatic rings. The lowest BCUT2D eigenvalue weighted by Crippen LogP contribution is -2.41. The molecule has 198 valence electrons. The molecule has 0 saturated heterocycles. The molecule has 6 nitrogen and oxygen atoms in total. The molecule has 2 atom stereocenters. The van der Waals surface area contributed by atoms with E-state index >= 15 is 0 Å². The van der Waals surface area contributed by atoms with Gasteiger partial charge in [0, 0.05) is 12.5 Å². The van der Waals surface area contributed by atoms with Crippen molar-refractivity contribution in [3.8, 4) is 5.75 Å². The molecule has 38 heavy (non-hydrogen) atoms. The van der Waals surface area contributed by atoms with E-state index in [-0.39, 0.29) is 16.2 Å². The van der Waals surface area contributed by atoms with E-state index in [0.717, 1.165) is 5.56 Å². The molecule has 1 N–H and O–H groups in total. The highest BCUT2D eigenvalue weighted by atomic mass is 32.3. The van der Waals surface area contributed by atoms with Crippen molar-refractivity contribution in [2.75, 3.05) is 13.7 Å². The molecule has 0 fully saturated rings. The number of benzene rings is 4. The number of methoxy groups -OCH3 is 1. The highest BCUT2D eigenvalue weighted by Crippen LogP contribution is 2.41. The van der Waals surface area contributed by atoms with Crippen LogP contribution in [-0.2, 0) is 26.1 Å². The second kappa shape index (κ2) is 11.9.